The molecule has 0 fully saturated rings. The topological polar surface area (TPSA) is 6.48 Å². The Labute approximate surface area is 200 Å². The highest BCUT2D eigenvalue weighted by Crippen LogP contribution is 2.40. The van der Waals surface area contributed by atoms with E-state index >= 15 is 0 Å². The van der Waals surface area contributed by atoms with Crippen molar-refractivity contribution in [2.24, 2.45) is 0 Å². The Kier molecular flexibility index (Phi) is 10.1. The SMILES string of the molecule is CCN(CC)CC/C=C/c1ccc2c(c1)Cc1cc(/C=C/CCN(CC)CC)ccc1S2. The van der Waals surface area contributed by atoms with Crippen LogP contribution in [0.5, 0.6) is 0 Å². The average molecular weight is 449 g/mol. The van der Waals surface area contributed by atoms with Crippen molar-refractivity contribution >= 4 is 23.9 Å². The maximum absolute atomic E-state index is 2.47. The third-order valence-corrected chi connectivity index (χ3v) is 7.64. The van der Waals surface area contributed by atoms with Crippen LogP contribution in [0.15, 0.2) is 58.3 Å². The minimum Gasteiger partial charge on any atom is -0.304 e. The van der Waals surface area contributed by atoms with Crippen molar-refractivity contribution in [3.8, 4) is 0 Å². The van der Waals surface area contributed by atoms with Crippen LogP contribution in [0.3, 0.4) is 0 Å². The summed E-state index contributed by atoms with van der Waals surface area (Å²) in [5, 5.41) is 0. The lowest BCUT2D eigenvalue weighted by molar-refractivity contribution is 0.310. The van der Waals surface area contributed by atoms with Gasteiger partial charge >= 0.3 is 0 Å². The number of benzene rings is 2. The van der Waals surface area contributed by atoms with Gasteiger partial charge in [0.1, 0.15) is 0 Å². The first kappa shape index (κ1) is 24.8. The molecule has 0 saturated carbocycles. The summed E-state index contributed by atoms with van der Waals surface area (Å²) in [6, 6.07) is 13.9. The van der Waals surface area contributed by atoms with Gasteiger partial charge in [0, 0.05) is 22.9 Å². The summed E-state index contributed by atoms with van der Waals surface area (Å²) in [7, 11) is 0. The Morgan fingerprint density at radius 2 is 1.12 bits per heavy atom. The second-order valence-corrected chi connectivity index (χ2v) is 9.53. The molecule has 0 aliphatic carbocycles. The Morgan fingerprint density at radius 1 is 0.688 bits per heavy atom. The molecule has 2 aromatic rings. The van der Waals surface area contributed by atoms with Crippen molar-refractivity contribution in [1.29, 1.82) is 0 Å². The summed E-state index contributed by atoms with van der Waals surface area (Å²) in [5.74, 6) is 0. The fraction of sp³-hybridized carbons (Fsp3) is 0.448. The van der Waals surface area contributed by atoms with E-state index in [0.717, 1.165) is 58.5 Å². The number of fused-ring (bicyclic) bond motifs is 2. The Morgan fingerprint density at radius 3 is 1.53 bits per heavy atom. The Hall–Kier alpha value is -1.81. The van der Waals surface area contributed by atoms with Crippen LogP contribution in [0, 0.1) is 0 Å². The largest absolute Gasteiger partial charge is 0.304 e. The van der Waals surface area contributed by atoms with E-state index in [1.807, 2.05) is 11.8 Å². The van der Waals surface area contributed by atoms with Crippen molar-refractivity contribution in [2.45, 2.75) is 56.7 Å². The van der Waals surface area contributed by atoms with Crippen LogP contribution in [0.2, 0.25) is 0 Å². The minimum atomic E-state index is 1.03. The average Bonchev–Trinajstić information content (AvgIpc) is 2.83. The molecule has 0 aromatic heterocycles. The fourth-order valence-electron chi connectivity index (χ4n) is 4.24. The third-order valence-electron chi connectivity index (χ3n) is 6.40. The summed E-state index contributed by atoms with van der Waals surface area (Å²) in [6.45, 7) is 15.8. The zero-order valence-corrected chi connectivity index (χ0v) is 21.3. The zero-order chi connectivity index (χ0) is 22.8. The smallest absolute Gasteiger partial charge is 0.0158 e. The van der Waals surface area contributed by atoms with E-state index in [2.05, 4.69) is 98.2 Å². The van der Waals surface area contributed by atoms with E-state index in [1.165, 1.54) is 32.0 Å². The highest BCUT2D eigenvalue weighted by atomic mass is 32.2. The van der Waals surface area contributed by atoms with Crippen LogP contribution in [0.4, 0.5) is 0 Å². The predicted molar refractivity (Wildman–Crippen MR) is 143 cm³/mol. The van der Waals surface area contributed by atoms with Gasteiger partial charge in [-0.1, -0.05) is 88.0 Å². The molecule has 1 aliphatic rings. The molecule has 0 atom stereocenters. The standard InChI is InChI=1S/C29H40N2S/c1-5-30(6-2)19-11-9-13-24-15-17-28-26(21-24)23-27-22-25(16-18-29(27)32-28)14-10-12-20-31(7-3)8-4/h9-10,13-18,21-22H,5-8,11-12,19-20,23H2,1-4H3/b13-9+,14-10+. The normalized spacial score (nSPS) is 13.4. The molecule has 32 heavy (non-hydrogen) atoms. The molecule has 0 N–H and O–H groups in total. The van der Waals surface area contributed by atoms with E-state index in [1.54, 1.807) is 0 Å². The predicted octanol–water partition coefficient (Wildman–Crippen LogP) is 7.23. The molecule has 3 rings (SSSR count). The van der Waals surface area contributed by atoms with Crippen molar-refractivity contribution in [2.75, 3.05) is 39.3 Å². The highest BCUT2D eigenvalue weighted by molar-refractivity contribution is 7.99. The molecule has 0 saturated heterocycles. The van der Waals surface area contributed by atoms with Crippen LogP contribution in [0.25, 0.3) is 12.2 Å². The molecular formula is C29H40N2S. The lowest BCUT2D eigenvalue weighted by atomic mass is 9.99. The summed E-state index contributed by atoms with van der Waals surface area (Å²) in [6.07, 6.45) is 12.5. The molecule has 2 aromatic carbocycles. The number of hydrogen-bond acceptors (Lipinski definition) is 3. The monoisotopic (exact) mass is 448 g/mol. The van der Waals surface area contributed by atoms with Crippen LogP contribution >= 0.6 is 11.8 Å². The molecule has 0 spiro atoms. The molecule has 3 heteroatoms. The van der Waals surface area contributed by atoms with Gasteiger partial charge in [-0.15, -0.1) is 0 Å². The first-order chi connectivity index (χ1) is 15.7. The minimum absolute atomic E-state index is 1.03. The van der Waals surface area contributed by atoms with Gasteiger partial charge < -0.3 is 9.80 Å². The van der Waals surface area contributed by atoms with E-state index in [-0.39, 0.29) is 0 Å². The Bertz CT molecular complexity index is 834. The third kappa shape index (κ3) is 7.10. The van der Waals surface area contributed by atoms with E-state index in [9.17, 15) is 0 Å². The van der Waals surface area contributed by atoms with E-state index < -0.39 is 0 Å². The van der Waals surface area contributed by atoms with Gasteiger partial charge in [-0.25, -0.2) is 0 Å². The van der Waals surface area contributed by atoms with Crippen molar-refractivity contribution in [3.63, 3.8) is 0 Å². The quantitative estimate of drug-likeness (QED) is 0.288. The van der Waals surface area contributed by atoms with Gasteiger partial charge in [0.05, 0.1) is 0 Å². The molecule has 1 aliphatic heterocycles. The molecule has 2 nitrogen and oxygen atoms in total. The molecule has 0 radical (unpaired) electrons. The first-order valence-corrected chi connectivity index (χ1v) is 13.2. The second-order valence-electron chi connectivity index (χ2n) is 8.45. The van der Waals surface area contributed by atoms with Gasteiger partial charge in [0.15, 0.2) is 0 Å². The Balaban J connectivity index is 1.61. The van der Waals surface area contributed by atoms with Gasteiger partial charge in [0.25, 0.3) is 0 Å². The van der Waals surface area contributed by atoms with Gasteiger partial charge in [0.2, 0.25) is 0 Å². The summed E-state index contributed by atoms with van der Waals surface area (Å²) in [4.78, 5) is 7.75. The van der Waals surface area contributed by atoms with Crippen LogP contribution in [-0.2, 0) is 6.42 Å². The zero-order valence-electron chi connectivity index (χ0n) is 20.4. The lowest BCUT2D eigenvalue weighted by Crippen LogP contribution is -2.23. The molecular weight excluding hydrogens is 408 g/mol. The van der Waals surface area contributed by atoms with Crippen LogP contribution in [0.1, 0.15) is 62.8 Å². The maximum Gasteiger partial charge on any atom is 0.0158 e. The molecule has 0 amide bonds. The summed E-state index contributed by atoms with van der Waals surface area (Å²) in [5.41, 5.74) is 5.55. The van der Waals surface area contributed by atoms with E-state index in [4.69, 9.17) is 0 Å². The van der Waals surface area contributed by atoms with E-state index in [0.29, 0.717) is 0 Å². The highest BCUT2D eigenvalue weighted by Gasteiger charge is 2.16. The molecule has 172 valence electrons. The fourth-order valence-corrected chi connectivity index (χ4v) is 5.27. The maximum atomic E-state index is 2.47. The molecule has 0 unspecified atom stereocenters. The number of hydrogen-bond donors (Lipinski definition) is 0. The molecule has 0 bridgehead atoms. The van der Waals surface area contributed by atoms with Crippen LogP contribution < -0.4 is 0 Å². The number of nitrogens with zero attached hydrogens (tertiary/aromatic N) is 2. The van der Waals surface area contributed by atoms with Gasteiger partial charge in [-0.3, -0.25) is 0 Å². The number of rotatable bonds is 12. The second kappa shape index (κ2) is 13.0. The lowest BCUT2D eigenvalue weighted by Gasteiger charge is -2.20. The summed E-state index contributed by atoms with van der Waals surface area (Å²) >= 11 is 1.91. The van der Waals surface area contributed by atoms with Crippen LogP contribution in [-0.4, -0.2) is 49.1 Å². The van der Waals surface area contributed by atoms with Crippen molar-refractivity contribution in [1.82, 2.24) is 9.80 Å². The van der Waals surface area contributed by atoms with Gasteiger partial charge in [-0.05, 0) is 79.8 Å². The summed E-state index contributed by atoms with van der Waals surface area (Å²) < 4.78 is 0. The van der Waals surface area contributed by atoms with Crippen molar-refractivity contribution in [3.05, 3.63) is 70.8 Å². The van der Waals surface area contributed by atoms with Gasteiger partial charge in [-0.2, -0.15) is 0 Å². The van der Waals surface area contributed by atoms with Crippen molar-refractivity contribution < 1.29 is 0 Å². The molecule has 1 heterocycles. The first-order valence-electron chi connectivity index (χ1n) is 12.4.